The van der Waals surface area contributed by atoms with E-state index in [4.69, 9.17) is 14.4 Å². The van der Waals surface area contributed by atoms with Gasteiger partial charge in [-0.1, -0.05) is 116 Å². The molecular formula is C47H43IrN3O-2. The molecule has 8 rings (SSSR count). The Hall–Kier alpha value is -4.96. The number of rotatable bonds is 6. The summed E-state index contributed by atoms with van der Waals surface area (Å²) < 4.78 is 5.81. The van der Waals surface area contributed by atoms with Crippen molar-refractivity contribution in [2.24, 2.45) is 5.92 Å². The Morgan fingerprint density at radius 1 is 0.712 bits per heavy atom. The van der Waals surface area contributed by atoms with E-state index >= 15 is 0 Å². The van der Waals surface area contributed by atoms with Gasteiger partial charge >= 0.3 is 0 Å². The maximum absolute atomic E-state index is 5.81. The number of pyridine rings is 3. The van der Waals surface area contributed by atoms with E-state index in [1.165, 1.54) is 49.7 Å². The van der Waals surface area contributed by atoms with Crippen molar-refractivity contribution >= 4 is 32.6 Å². The van der Waals surface area contributed by atoms with E-state index in [9.17, 15) is 0 Å². The van der Waals surface area contributed by atoms with Crippen molar-refractivity contribution in [2.75, 3.05) is 0 Å². The third-order valence-corrected chi connectivity index (χ3v) is 9.60. The average Bonchev–Trinajstić information content (AvgIpc) is 3.60. The van der Waals surface area contributed by atoms with Crippen LogP contribution in [0.5, 0.6) is 0 Å². The van der Waals surface area contributed by atoms with Crippen LogP contribution in [0.25, 0.3) is 55.2 Å². The molecule has 0 aliphatic carbocycles. The molecule has 0 bridgehead atoms. The normalized spacial score (nSPS) is 11.2. The second kappa shape index (κ2) is 15.7. The van der Waals surface area contributed by atoms with Gasteiger partial charge in [0, 0.05) is 55.7 Å². The molecule has 0 spiro atoms. The van der Waals surface area contributed by atoms with Crippen molar-refractivity contribution in [1.82, 2.24) is 15.0 Å². The first-order valence-corrected chi connectivity index (χ1v) is 17.7. The molecule has 0 aliphatic rings. The fourth-order valence-corrected chi connectivity index (χ4v) is 6.47. The molecule has 0 aliphatic heterocycles. The predicted molar refractivity (Wildman–Crippen MR) is 211 cm³/mol. The van der Waals surface area contributed by atoms with Crippen LogP contribution in [0, 0.1) is 52.7 Å². The molecule has 5 heteroatoms. The van der Waals surface area contributed by atoms with Crippen molar-refractivity contribution in [3.05, 3.63) is 160 Å². The van der Waals surface area contributed by atoms with Crippen LogP contribution in [0.4, 0.5) is 0 Å². The van der Waals surface area contributed by atoms with Gasteiger partial charge in [0.25, 0.3) is 0 Å². The van der Waals surface area contributed by atoms with E-state index < -0.39 is 0 Å². The number of fused-ring (bicyclic) bond motifs is 4. The Balaban J connectivity index is 0.000000230. The number of aryl methyl sites for hydroxylation is 5. The maximum Gasteiger partial charge on any atom is 0.0847 e. The number of hydrogen-bond donors (Lipinski definition) is 0. The molecule has 0 amide bonds. The van der Waals surface area contributed by atoms with E-state index in [2.05, 4.69) is 138 Å². The Morgan fingerprint density at radius 2 is 1.48 bits per heavy atom. The monoisotopic (exact) mass is 858 g/mol. The molecular weight excluding hydrogens is 815 g/mol. The summed E-state index contributed by atoms with van der Waals surface area (Å²) in [5.74, 6) is 0.541. The Labute approximate surface area is 320 Å². The molecule has 4 nitrogen and oxygen atoms in total. The van der Waals surface area contributed by atoms with Crippen LogP contribution in [0.3, 0.4) is 0 Å². The summed E-state index contributed by atoms with van der Waals surface area (Å²) in [6.45, 7) is 15.0. The van der Waals surface area contributed by atoms with Gasteiger partial charge < -0.3 is 9.40 Å². The number of nitrogens with zero attached hydrogens (tertiary/aromatic N) is 3. The molecule has 52 heavy (non-hydrogen) atoms. The third kappa shape index (κ3) is 8.07. The van der Waals surface area contributed by atoms with Crippen molar-refractivity contribution in [3.8, 4) is 22.5 Å². The minimum atomic E-state index is 0. The van der Waals surface area contributed by atoms with Gasteiger partial charge in [-0.05, 0) is 84.8 Å². The van der Waals surface area contributed by atoms with Crippen molar-refractivity contribution < 1.29 is 24.5 Å². The van der Waals surface area contributed by atoms with Crippen LogP contribution >= 0.6 is 0 Å². The quantitative estimate of drug-likeness (QED) is 0.156. The van der Waals surface area contributed by atoms with Gasteiger partial charge in [0.05, 0.1) is 5.58 Å². The zero-order chi connectivity index (χ0) is 35.6. The van der Waals surface area contributed by atoms with Gasteiger partial charge in [-0.2, -0.15) is 0 Å². The average molecular weight is 858 g/mol. The number of hydrogen-bond acceptors (Lipinski definition) is 4. The molecule has 0 atom stereocenters. The molecule has 0 fully saturated rings. The number of benzene rings is 4. The zero-order valence-corrected chi connectivity index (χ0v) is 33.3. The summed E-state index contributed by atoms with van der Waals surface area (Å²) in [4.78, 5) is 14.2. The molecule has 0 unspecified atom stereocenters. The summed E-state index contributed by atoms with van der Waals surface area (Å²) in [5.41, 5.74) is 15.6. The topological polar surface area (TPSA) is 51.8 Å². The fraction of sp³-hybridized carbons (Fsp3) is 0.213. The largest absolute Gasteiger partial charge is 0.506 e. The molecule has 4 aromatic carbocycles. The second-order valence-electron chi connectivity index (χ2n) is 14.2. The smallest absolute Gasteiger partial charge is 0.0847 e. The van der Waals surface area contributed by atoms with Crippen LogP contribution in [0.2, 0.25) is 0 Å². The van der Waals surface area contributed by atoms with Crippen molar-refractivity contribution in [3.63, 3.8) is 0 Å². The van der Waals surface area contributed by atoms with E-state index in [1.807, 2.05) is 24.5 Å². The zero-order valence-electron chi connectivity index (χ0n) is 30.9. The molecule has 8 aromatic rings. The first kappa shape index (κ1) is 36.8. The fourth-order valence-electron chi connectivity index (χ4n) is 6.47. The van der Waals surface area contributed by atoms with Gasteiger partial charge in [-0.25, -0.2) is 0 Å². The molecule has 0 N–H and O–H groups in total. The van der Waals surface area contributed by atoms with E-state index in [0.29, 0.717) is 5.92 Å². The van der Waals surface area contributed by atoms with E-state index in [0.717, 1.165) is 62.9 Å². The Morgan fingerprint density at radius 3 is 2.27 bits per heavy atom. The summed E-state index contributed by atoms with van der Waals surface area (Å²) in [6.07, 6.45) is 7.32. The minimum absolute atomic E-state index is 0. The van der Waals surface area contributed by atoms with Gasteiger partial charge in [0.2, 0.25) is 0 Å². The first-order valence-electron chi connectivity index (χ1n) is 17.7. The summed E-state index contributed by atoms with van der Waals surface area (Å²) >= 11 is 0. The minimum Gasteiger partial charge on any atom is -0.506 e. The summed E-state index contributed by atoms with van der Waals surface area (Å²) in [6, 6.07) is 37.0. The molecule has 1 radical (unpaired) electrons. The van der Waals surface area contributed by atoms with Crippen LogP contribution in [0.15, 0.2) is 108 Å². The Kier molecular flexibility index (Phi) is 11.1. The molecule has 0 saturated carbocycles. The van der Waals surface area contributed by atoms with Crippen LogP contribution in [0.1, 0.15) is 58.5 Å². The second-order valence-corrected chi connectivity index (χ2v) is 14.2. The van der Waals surface area contributed by atoms with Gasteiger partial charge in [0.15, 0.2) is 0 Å². The number of furan rings is 1. The van der Waals surface area contributed by atoms with Crippen LogP contribution in [-0.4, -0.2) is 15.0 Å². The standard InChI is InChI=1S/C32H27N2O.C15H16N.Ir/c1-20(2)14-27-8-9-28-29(19-26-11-13-35-32(26)31(28)34-27)30-18-23(10-12-33-30)16-22-5-7-24-15-21(3)4-6-25(24)17-22;1-10-5-6-14(7-11(10)2)15-8-12(3)13(4)9-16-15;/h4-13,15,17-18,20H,14,16H2,1-3H3;5,7-9H,1-4H3;/q2*-1;. The maximum atomic E-state index is 5.81. The van der Waals surface area contributed by atoms with Crippen molar-refractivity contribution in [2.45, 2.75) is 61.3 Å². The molecule has 263 valence electrons. The first-order chi connectivity index (χ1) is 24.6. The number of aromatic nitrogens is 3. The van der Waals surface area contributed by atoms with Crippen molar-refractivity contribution in [1.29, 1.82) is 0 Å². The Bertz CT molecular complexity index is 2480. The van der Waals surface area contributed by atoms with E-state index in [1.54, 1.807) is 6.26 Å². The van der Waals surface area contributed by atoms with Crippen LogP contribution in [-0.2, 0) is 32.9 Å². The van der Waals surface area contributed by atoms with Gasteiger partial charge in [-0.15, -0.1) is 41.0 Å². The summed E-state index contributed by atoms with van der Waals surface area (Å²) in [7, 11) is 0. The van der Waals surface area contributed by atoms with Crippen LogP contribution < -0.4 is 0 Å². The molecule has 4 aromatic heterocycles. The molecule has 0 saturated heterocycles. The van der Waals surface area contributed by atoms with E-state index in [-0.39, 0.29) is 20.1 Å². The third-order valence-electron chi connectivity index (χ3n) is 9.60. The summed E-state index contributed by atoms with van der Waals surface area (Å²) in [5, 5.41) is 4.50. The molecule has 4 heterocycles. The van der Waals surface area contributed by atoms with Gasteiger partial charge in [0.1, 0.15) is 0 Å². The van der Waals surface area contributed by atoms with Gasteiger partial charge in [-0.3, -0.25) is 9.97 Å². The SMILES string of the molecule is Cc1c[c-]c(-c2cc(C)c(C)cn2)cc1C.Cc1ccc2cc(Cc3ccnc(-c4[c-]c5ccoc5c5nc(CC(C)C)ccc45)c3)ccc2c1.[Ir]. The predicted octanol–water partition coefficient (Wildman–Crippen LogP) is 11.9.